The summed E-state index contributed by atoms with van der Waals surface area (Å²) in [5.41, 5.74) is 0. The number of aliphatic hydroxyl groups excluding tert-OH is 1. The molecular weight excluding hydrogens is 206 g/mol. The third-order valence-electron chi connectivity index (χ3n) is 1.18. The maximum Gasteiger partial charge on any atom is 0.325 e. The highest BCUT2D eigenvalue weighted by Crippen LogP contribution is 2.42. The Morgan fingerprint density at radius 3 is 1.83 bits per heavy atom. The van der Waals surface area contributed by atoms with Crippen LogP contribution in [0.2, 0.25) is 0 Å². The van der Waals surface area contributed by atoms with Gasteiger partial charge < -0.3 is 19.8 Å². The molecule has 1 unspecified atom stereocenters. The average molecular weight is 218 g/mol. The van der Waals surface area contributed by atoms with Crippen molar-refractivity contribution in [2.45, 2.75) is 6.42 Å². The lowest BCUT2D eigenvalue weighted by Crippen LogP contribution is -1.97. The smallest absolute Gasteiger partial charge is 0.325 e. The van der Waals surface area contributed by atoms with Crippen LogP contribution in [0.5, 0.6) is 0 Å². The van der Waals surface area contributed by atoms with Crippen LogP contribution in [-0.2, 0) is 9.13 Å². The van der Waals surface area contributed by atoms with E-state index in [1.165, 1.54) is 0 Å². The Labute approximate surface area is 69.9 Å². The van der Waals surface area contributed by atoms with Crippen molar-refractivity contribution >= 4 is 15.0 Å². The first-order chi connectivity index (χ1) is 5.27. The zero-order valence-corrected chi connectivity index (χ0v) is 8.12. The van der Waals surface area contributed by atoms with Gasteiger partial charge in [-0.25, -0.2) is 0 Å². The van der Waals surface area contributed by atoms with Gasteiger partial charge in [0.1, 0.15) is 6.35 Å². The summed E-state index contributed by atoms with van der Waals surface area (Å²) in [5.74, 6) is 0. The Morgan fingerprint density at radius 2 is 1.50 bits per heavy atom. The monoisotopic (exact) mass is 218 g/mol. The van der Waals surface area contributed by atoms with Gasteiger partial charge in [-0.15, -0.1) is 0 Å². The average Bonchev–Trinajstić information content (AvgIpc) is 1.84. The number of rotatable bonds is 5. The van der Waals surface area contributed by atoms with E-state index in [0.29, 0.717) is 0 Å². The first-order valence-corrected chi connectivity index (χ1v) is 7.06. The third-order valence-corrected chi connectivity index (χ3v) is 3.53. The summed E-state index contributed by atoms with van der Waals surface area (Å²) in [6.07, 6.45) is -1.57. The number of aliphatic hydroxyl groups is 1. The maximum atomic E-state index is 10.7. The van der Waals surface area contributed by atoms with Crippen molar-refractivity contribution in [3.8, 4) is 0 Å². The van der Waals surface area contributed by atoms with Crippen LogP contribution in [0.1, 0.15) is 6.42 Å². The molecule has 0 bridgehead atoms. The van der Waals surface area contributed by atoms with Gasteiger partial charge in [0.2, 0.25) is 7.37 Å². The lowest BCUT2D eigenvalue weighted by molar-refractivity contribution is 0.332. The summed E-state index contributed by atoms with van der Waals surface area (Å²) >= 11 is 0. The summed E-state index contributed by atoms with van der Waals surface area (Å²) in [5, 5.41) is 8.32. The molecule has 6 nitrogen and oxygen atoms in total. The van der Waals surface area contributed by atoms with Crippen molar-refractivity contribution in [1.29, 1.82) is 0 Å². The van der Waals surface area contributed by atoms with Crippen molar-refractivity contribution < 1.29 is 28.9 Å². The predicted molar refractivity (Wildman–Crippen MR) is 43.3 cm³/mol. The van der Waals surface area contributed by atoms with Crippen LogP contribution >= 0.6 is 15.0 Å². The summed E-state index contributed by atoms with van der Waals surface area (Å²) in [4.78, 5) is 25.5. The van der Waals surface area contributed by atoms with Gasteiger partial charge in [0, 0.05) is 6.16 Å². The highest BCUT2D eigenvalue weighted by Gasteiger charge is 2.19. The van der Waals surface area contributed by atoms with Crippen molar-refractivity contribution in [3.05, 3.63) is 0 Å². The Morgan fingerprint density at radius 1 is 1.00 bits per heavy atom. The molecule has 4 N–H and O–H groups in total. The zero-order valence-electron chi connectivity index (χ0n) is 6.33. The summed E-state index contributed by atoms with van der Waals surface area (Å²) in [6, 6.07) is 0. The second-order valence-electron chi connectivity index (χ2n) is 2.45. The standard InChI is InChI=1S/C4H12O6P2/c5-4-11(6,7)2-1-3-12(8,9)10/h5H,1-4H2,(H,6,7)(H2,8,9,10). The van der Waals surface area contributed by atoms with E-state index >= 15 is 0 Å². The van der Waals surface area contributed by atoms with Crippen molar-refractivity contribution in [2.75, 3.05) is 18.7 Å². The quantitative estimate of drug-likeness (QED) is 0.474. The van der Waals surface area contributed by atoms with Gasteiger partial charge in [-0.2, -0.15) is 0 Å². The molecule has 0 aliphatic heterocycles. The molecule has 0 aliphatic carbocycles. The van der Waals surface area contributed by atoms with Gasteiger partial charge in [0.15, 0.2) is 0 Å². The van der Waals surface area contributed by atoms with Crippen LogP contribution in [0, 0.1) is 0 Å². The minimum atomic E-state index is -4.08. The molecule has 0 aromatic rings. The number of hydrogen-bond donors (Lipinski definition) is 4. The molecule has 0 rings (SSSR count). The van der Waals surface area contributed by atoms with E-state index in [4.69, 9.17) is 19.8 Å². The molecule has 0 radical (unpaired) electrons. The lowest BCUT2D eigenvalue weighted by atomic mass is 10.6. The molecular formula is C4H12O6P2. The van der Waals surface area contributed by atoms with Crippen LogP contribution in [-0.4, -0.2) is 38.5 Å². The fraction of sp³-hybridized carbons (Fsp3) is 1.00. The van der Waals surface area contributed by atoms with E-state index < -0.39 is 27.5 Å². The van der Waals surface area contributed by atoms with E-state index in [1.807, 2.05) is 0 Å². The molecule has 74 valence electrons. The SMILES string of the molecule is O=P(O)(O)CCCP(=O)(O)CO. The molecule has 8 heteroatoms. The fourth-order valence-electron chi connectivity index (χ4n) is 0.594. The normalized spacial score (nSPS) is 17.3. The van der Waals surface area contributed by atoms with Crippen molar-refractivity contribution in [3.63, 3.8) is 0 Å². The minimum Gasteiger partial charge on any atom is -0.386 e. The molecule has 0 fully saturated rings. The Balaban J connectivity index is 3.72. The Bertz CT molecular complexity index is 220. The third kappa shape index (κ3) is 6.98. The fourth-order valence-corrected chi connectivity index (χ4v) is 2.21. The summed E-state index contributed by atoms with van der Waals surface area (Å²) in [6.45, 7) is 0. The summed E-state index contributed by atoms with van der Waals surface area (Å²) < 4.78 is 21.0. The van der Waals surface area contributed by atoms with E-state index in [9.17, 15) is 9.13 Å². The van der Waals surface area contributed by atoms with Crippen LogP contribution in [0.15, 0.2) is 0 Å². The van der Waals surface area contributed by atoms with Crippen LogP contribution in [0.25, 0.3) is 0 Å². The van der Waals surface area contributed by atoms with Crippen molar-refractivity contribution in [2.24, 2.45) is 0 Å². The first-order valence-electron chi connectivity index (χ1n) is 3.23. The van der Waals surface area contributed by atoms with E-state index in [2.05, 4.69) is 0 Å². The first kappa shape index (κ1) is 12.3. The Kier molecular flexibility index (Phi) is 4.62. The largest absolute Gasteiger partial charge is 0.386 e. The highest BCUT2D eigenvalue weighted by molar-refractivity contribution is 7.57. The van der Waals surface area contributed by atoms with Gasteiger partial charge in [-0.05, 0) is 6.42 Å². The van der Waals surface area contributed by atoms with Gasteiger partial charge in [0.05, 0.1) is 6.16 Å². The molecule has 12 heavy (non-hydrogen) atoms. The molecule has 0 aliphatic rings. The van der Waals surface area contributed by atoms with Gasteiger partial charge >= 0.3 is 7.60 Å². The maximum absolute atomic E-state index is 10.7. The Hall–Kier alpha value is 0.300. The van der Waals surface area contributed by atoms with Crippen molar-refractivity contribution in [1.82, 2.24) is 0 Å². The van der Waals surface area contributed by atoms with Crippen LogP contribution in [0.4, 0.5) is 0 Å². The molecule has 0 amide bonds. The van der Waals surface area contributed by atoms with Crippen LogP contribution in [0.3, 0.4) is 0 Å². The molecule has 0 saturated heterocycles. The van der Waals surface area contributed by atoms with Crippen LogP contribution < -0.4 is 0 Å². The van der Waals surface area contributed by atoms with E-state index in [1.54, 1.807) is 0 Å². The lowest BCUT2D eigenvalue weighted by Gasteiger charge is -2.07. The van der Waals surface area contributed by atoms with Gasteiger partial charge in [-0.1, -0.05) is 0 Å². The van der Waals surface area contributed by atoms with Gasteiger partial charge in [0.25, 0.3) is 0 Å². The minimum absolute atomic E-state index is 0.0569. The molecule has 0 heterocycles. The number of hydrogen-bond acceptors (Lipinski definition) is 3. The highest BCUT2D eigenvalue weighted by atomic mass is 31.2. The molecule has 1 atom stereocenters. The molecule has 0 aromatic heterocycles. The molecule has 0 aromatic carbocycles. The second kappa shape index (κ2) is 4.51. The predicted octanol–water partition coefficient (Wildman–Crippen LogP) is -0.226. The molecule has 0 spiro atoms. The summed E-state index contributed by atoms with van der Waals surface area (Å²) in [7, 11) is -7.62. The van der Waals surface area contributed by atoms with E-state index in [0.717, 1.165) is 0 Å². The van der Waals surface area contributed by atoms with E-state index in [-0.39, 0.29) is 12.6 Å². The molecule has 0 saturated carbocycles. The second-order valence-corrected chi connectivity index (χ2v) is 6.65. The topological polar surface area (TPSA) is 115 Å². The zero-order chi connectivity index (χ0) is 9.83. The van der Waals surface area contributed by atoms with Gasteiger partial charge in [-0.3, -0.25) is 9.13 Å².